The van der Waals surface area contributed by atoms with Gasteiger partial charge in [-0.05, 0) is 19.3 Å². The van der Waals surface area contributed by atoms with Gasteiger partial charge >= 0.3 is 0 Å². The Hall–Kier alpha value is 0.310. The Bertz CT molecular complexity index is 55.1. The van der Waals surface area contributed by atoms with Crippen molar-refractivity contribution in [2.75, 3.05) is 26.4 Å². The lowest BCUT2D eigenvalue weighted by molar-refractivity contribution is 0.437. The van der Waals surface area contributed by atoms with E-state index in [1.807, 2.05) is 39.5 Å². The van der Waals surface area contributed by atoms with Crippen molar-refractivity contribution in [1.82, 2.24) is 4.90 Å². The van der Waals surface area contributed by atoms with Crippen molar-refractivity contribution >= 4 is 11.8 Å². The van der Waals surface area contributed by atoms with Crippen LogP contribution in [-0.2, 0) is 0 Å². The van der Waals surface area contributed by atoms with Crippen LogP contribution >= 0.6 is 11.8 Å². The van der Waals surface area contributed by atoms with Gasteiger partial charge in [-0.1, -0.05) is 41.5 Å². The molecule has 84 valence electrons. The van der Waals surface area contributed by atoms with E-state index in [1.54, 1.807) is 0 Å². The third-order valence-electron chi connectivity index (χ3n) is 0.990. The molecule has 0 N–H and O–H groups in total. The van der Waals surface area contributed by atoms with Crippen LogP contribution in [0.15, 0.2) is 0 Å². The lowest BCUT2D eigenvalue weighted by atomic mass is 10.6. The fourth-order valence-corrected chi connectivity index (χ4v) is 1.41. The molecule has 0 aliphatic carbocycles. The van der Waals surface area contributed by atoms with Gasteiger partial charge in [-0.15, -0.1) is 0 Å². The van der Waals surface area contributed by atoms with Gasteiger partial charge in [-0.3, -0.25) is 0 Å². The normalized spacial score (nSPS) is 8.77. The molecule has 0 aromatic rings. The summed E-state index contributed by atoms with van der Waals surface area (Å²) < 4.78 is 0. The number of hydrogen-bond donors (Lipinski definition) is 0. The van der Waals surface area contributed by atoms with Crippen LogP contribution in [0.25, 0.3) is 0 Å². The highest BCUT2D eigenvalue weighted by molar-refractivity contribution is 7.99. The molecule has 0 heterocycles. The standard InChI is InChI=1S/C7H17NS.2C2H6/c1-7(2)9-6-5-8(3)4;2*1-2/h7H,5-6H2,1-4H3;2*1-2H3. The van der Waals surface area contributed by atoms with E-state index in [4.69, 9.17) is 0 Å². The Morgan fingerprint density at radius 3 is 1.62 bits per heavy atom. The van der Waals surface area contributed by atoms with Gasteiger partial charge in [0, 0.05) is 12.3 Å². The van der Waals surface area contributed by atoms with Gasteiger partial charge in [-0.25, -0.2) is 0 Å². The molecule has 0 aliphatic rings. The quantitative estimate of drug-likeness (QED) is 0.691. The fourth-order valence-electron chi connectivity index (χ4n) is 0.471. The maximum Gasteiger partial charge on any atom is 0.00663 e. The molecule has 2 heteroatoms. The van der Waals surface area contributed by atoms with Crippen molar-refractivity contribution in [3.05, 3.63) is 0 Å². The van der Waals surface area contributed by atoms with Crippen molar-refractivity contribution in [3.8, 4) is 0 Å². The largest absolute Gasteiger partial charge is 0.309 e. The molecule has 0 atom stereocenters. The smallest absolute Gasteiger partial charge is 0.00663 e. The highest BCUT2D eigenvalue weighted by Crippen LogP contribution is 2.07. The number of thioether (sulfide) groups is 1. The molecule has 0 radical (unpaired) electrons. The molecule has 0 fully saturated rings. The third-order valence-corrected chi connectivity index (χ3v) is 2.07. The minimum atomic E-state index is 0.782. The first-order valence-electron chi connectivity index (χ1n) is 5.39. The van der Waals surface area contributed by atoms with Gasteiger partial charge in [0.25, 0.3) is 0 Å². The minimum absolute atomic E-state index is 0.782. The van der Waals surface area contributed by atoms with Crippen LogP contribution in [0.5, 0.6) is 0 Å². The third kappa shape index (κ3) is 32.9. The maximum atomic E-state index is 2.24. The summed E-state index contributed by atoms with van der Waals surface area (Å²) in [7, 11) is 4.22. The van der Waals surface area contributed by atoms with Crippen LogP contribution in [0.3, 0.4) is 0 Å². The van der Waals surface area contributed by atoms with Crippen molar-refractivity contribution in [3.63, 3.8) is 0 Å². The lowest BCUT2D eigenvalue weighted by Crippen LogP contribution is -2.15. The topological polar surface area (TPSA) is 3.24 Å². The molecule has 13 heavy (non-hydrogen) atoms. The van der Waals surface area contributed by atoms with Gasteiger partial charge in [0.2, 0.25) is 0 Å². The van der Waals surface area contributed by atoms with E-state index in [0.29, 0.717) is 0 Å². The van der Waals surface area contributed by atoms with Crippen LogP contribution in [-0.4, -0.2) is 36.5 Å². The monoisotopic (exact) mass is 207 g/mol. The van der Waals surface area contributed by atoms with Crippen LogP contribution < -0.4 is 0 Å². The first-order valence-corrected chi connectivity index (χ1v) is 6.44. The Balaban J connectivity index is -0.000000218. The SMILES string of the molecule is CC.CC.CC(C)SCCN(C)C. The number of rotatable bonds is 4. The van der Waals surface area contributed by atoms with Gasteiger partial charge in [0.15, 0.2) is 0 Å². The van der Waals surface area contributed by atoms with E-state index in [2.05, 4.69) is 32.8 Å². The van der Waals surface area contributed by atoms with Gasteiger partial charge < -0.3 is 4.90 Å². The van der Waals surface area contributed by atoms with Crippen molar-refractivity contribution in [1.29, 1.82) is 0 Å². The van der Waals surface area contributed by atoms with Crippen LogP contribution in [0.2, 0.25) is 0 Å². The summed E-state index contributed by atoms with van der Waals surface area (Å²) in [6.45, 7) is 13.7. The summed E-state index contributed by atoms with van der Waals surface area (Å²) in [6, 6.07) is 0. The zero-order valence-corrected chi connectivity index (χ0v) is 11.7. The number of nitrogens with zero attached hydrogens (tertiary/aromatic N) is 1. The van der Waals surface area contributed by atoms with Gasteiger partial charge in [0.1, 0.15) is 0 Å². The molecule has 0 unspecified atom stereocenters. The Morgan fingerprint density at radius 2 is 1.38 bits per heavy atom. The van der Waals surface area contributed by atoms with Crippen molar-refractivity contribution in [2.45, 2.75) is 46.8 Å². The van der Waals surface area contributed by atoms with Crippen molar-refractivity contribution in [2.24, 2.45) is 0 Å². The van der Waals surface area contributed by atoms with E-state index in [-0.39, 0.29) is 0 Å². The fraction of sp³-hybridized carbons (Fsp3) is 1.00. The lowest BCUT2D eigenvalue weighted by Gasteiger charge is -2.09. The van der Waals surface area contributed by atoms with Crippen LogP contribution in [0, 0.1) is 0 Å². The second kappa shape index (κ2) is 18.2. The molecule has 0 saturated carbocycles. The molecule has 0 saturated heterocycles. The molecule has 0 bridgehead atoms. The first-order chi connectivity index (χ1) is 6.13. The Morgan fingerprint density at radius 1 is 1.00 bits per heavy atom. The Labute approximate surface area is 90.3 Å². The maximum absolute atomic E-state index is 2.24. The summed E-state index contributed by atoms with van der Waals surface area (Å²) >= 11 is 2.02. The van der Waals surface area contributed by atoms with E-state index >= 15 is 0 Å². The zero-order chi connectivity index (χ0) is 11.3. The molecule has 0 aromatic heterocycles. The first kappa shape index (κ1) is 19.0. The average Bonchev–Trinajstić information content (AvgIpc) is 2.10. The predicted octanol–water partition coefficient (Wildman–Crippen LogP) is 3.74. The second-order valence-corrected chi connectivity index (χ2v) is 4.41. The molecule has 0 aliphatic heterocycles. The zero-order valence-electron chi connectivity index (χ0n) is 10.8. The molecule has 0 amide bonds. The summed E-state index contributed by atoms with van der Waals surface area (Å²) in [5.41, 5.74) is 0. The molecule has 0 spiro atoms. The van der Waals surface area contributed by atoms with Crippen LogP contribution in [0.4, 0.5) is 0 Å². The second-order valence-electron chi connectivity index (χ2n) is 2.72. The highest BCUT2D eigenvalue weighted by Gasteiger charge is 1.93. The summed E-state index contributed by atoms with van der Waals surface area (Å²) in [4.78, 5) is 2.22. The molecule has 0 aromatic carbocycles. The van der Waals surface area contributed by atoms with E-state index in [0.717, 1.165) is 5.25 Å². The van der Waals surface area contributed by atoms with Gasteiger partial charge in [0.05, 0.1) is 0 Å². The summed E-state index contributed by atoms with van der Waals surface area (Å²) in [5.74, 6) is 1.25. The van der Waals surface area contributed by atoms with Gasteiger partial charge in [-0.2, -0.15) is 11.8 Å². The Kier molecular flexibility index (Phi) is 26.5. The average molecular weight is 207 g/mol. The number of hydrogen-bond acceptors (Lipinski definition) is 2. The molecular weight excluding hydrogens is 178 g/mol. The summed E-state index contributed by atoms with van der Waals surface area (Å²) in [5, 5.41) is 0.782. The van der Waals surface area contributed by atoms with E-state index in [1.165, 1.54) is 12.3 Å². The molecule has 0 rings (SSSR count). The van der Waals surface area contributed by atoms with Crippen LogP contribution in [0.1, 0.15) is 41.5 Å². The molecular formula is C11H29NS. The van der Waals surface area contributed by atoms with E-state index < -0.39 is 0 Å². The van der Waals surface area contributed by atoms with E-state index in [9.17, 15) is 0 Å². The molecule has 1 nitrogen and oxygen atoms in total. The minimum Gasteiger partial charge on any atom is -0.309 e. The summed E-state index contributed by atoms with van der Waals surface area (Å²) in [6.07, 6.45) is 0. The van der Waals surface area contributed by atoms with Crippen molar-refractivity contribution < 1.29 is 0 Å². The highest BCUT2D eigenvalue weighted by atomic mass is 32.2. The predicted molar refractivity (Wildman–Crippen MR) is 68.8 cm³/mol.